The number of methoxy groups -OCH3 is 1. The van der Waals surface area contributed by atoms with Gasteiger partial charge >= 0.3 is 6.03 Å². The molecule has 0 radical (unpaired) electrons. The van der Waals surface area contributed by atoms with Gasteiger partial charge in [0.1, 0.15) is 5.75 Å². The summed E-state index contributed by atoms with van der Waals surface area (Å²) < 4.78 is 5.20. The molecule has 3 atom stereocenters. The highest BCUT2D eigenvalue weighted by molar-refractivity contribution is 6.03. The second-order valence-electron chi connectivity index (χ2n) is 8.16. The normalized spacial score (nSPS) is 21.8. The van der Waals surface area contributed by atoms with E-state index in [4.69, 9.17) is 4.74 Å². The molecule has 0 unspecified atom stereocenters. The molecule has 2 N–H and O–H groups in total. The van der Waals surface area contributed by atoms with Gasteiger partial charge in [-0.3, -0.25) is 14.8 Å². The van der Waals surface area contributed by atoms with Crippen molar-refractivity contribution in [1.82, 2.24) is 9.88 Å². The Hall–Kier alpha value is -3.42. The van der Waals surface area contributed by atoms with Crippen LogP contribution in [0.5, 0.6) is 5.75 Å². The highest BCUT2D eigenvalue weighted by Crippen LogP contribution is 2.48. The quantitative estimate of drug-likeness (QED) is 0.648. The van der Waals surface area contributed by atoms with Crippen LogP contribution in [0, 0.1) is 0 Å². The van der Waals surface area contributed by atoms with Crippen LogP contribution in [-0.4, -0.2) is 53.4 Å². The van der Waals surface area contributed by atoms with Crippen molar-refractivity contribution < 1.29 is 14.6 Å². The average molecular weight is 431 g/mol. The SMILES string of the molecule is COc1ccc(NC(=O)N2C[C@@H]3[C@H](c4ccccc42)[C@@H](CO)N3Cc2ccccn2)cc1. The van der Waals surface area contributed by atoms with Gasteiger partial charge in [-0.25, -0.2) is 4.79 Å². The fraction of sp³-hybridized carbons (Fsp3) is 0.280. The topological polar surface area (TPSA) is 77.9 Å². The van der Waals surface area contributed by atoms with Gasteiger partial charge in [-0.05, 0) is 48.0 Å². The lowest BCUT2D eigenvalue weighted by Crippen LogP contribution is -2.69. The predicted octanol–water partition coefficient (Wildman–Crippen LogP) is 3.47. The number of anilines is 2. The molecule has 2 aliphatic rings. The molecule has 2 aliphatic heterocycles. The summed E-state index contributed by atoms with van der Waals surface area (Å²) >= 11 is 0. The number of benzene rings is 2. The number of pyridine rings is 1. The monoisotopic (exact) mass is 430 g/mol. The van der Waals surface area contributed by atoms with Gasteiger partial charge in [-0.15, -0.1) is 0 Å². The molecule has 32 heavy (non-hydrogen) atoms. The summed E-state index contributed by atoms with van der Waals surface area (Å²) in [6.45, 7) is 1.26. The van der Waals surface area contributed by atoms with Gasteiger partial charge in [-0.2, -0.15) is 0 Å². The number of ether oxygens (including phenoxy) is 1. The summed E-state index contributed by atoms with van der Waals surface area (Å²) in [5, 5.41) is 13.2. The van der Waals surface area contributed by atoms with Crippen LogP contribution >= 0.6 is 0 Å². The molecule has 7 nitrogen and oxygen atoms in total. The second kappa shape index (κ2) is 8.61. The van der Waals surface area contributed by atoms with Crippen molar-refractivity contribution in [2.24, 2.45) is 0 Å². The van der Waals surface area contributed by atoms with Gasteiger partial charge in [-0.1, -0.05) is 24.3 Å². The highest BCUT2D eigenvalue weighted by atomic mass is 16.5. The third-order valence-electron chi connectivity index (χ3n) is 6.48. The molecule has 1 saturated heterocycles. The number of carbonyl (C=O) groups excluding carboxylic acids is 1. The Morgan fingerprint density at radius 3 is 2.62 bits per heavy atom. The van der Waals surface area contributed by atoms with Crippen LogP contribution in [0.4, 0.5) is 16.2 Å². The number of amides is 2. The van der Waals surface area contributed by atoms with Crippen LogP contribution in [0.3, 0.4) is 0 Å². The number of fused-ring (bicyclic) bond motifs is 3. The first-order valence-corrected chi connectivity index (χ1v) is 10.8. The number of hydrogen-bond donors (Lipinski definition) is 2. The third-order valence-corrected chi connectivity index (χ3v) is 6.48. The van der Waals surface area contributed by atoms with Crippen molar-refractivity contribution in [3.05, 3.63) is 84.2 Å². The minimum atomic E-state index is -0.175. The molecule has 5 rings (SSSR count). The summed E-state index contributed by atoms with van der Waals surface area (Å²) in [6.07, 6.45) is 1.78. The lowest BCUT2D eigenvalue weighted by molar-refractivity contribution is -0.0491. The van der Waals surface area contributed by atoms with E-state index in [-0.39, 0.29) is 30.6 Å². The van der Waals surface area contributed by atoms with Crippen molar-refractivity contribution >= 4 is 17.4 Å². The highest BCUT2D eigenvalue weighted by Gasteiger charge is 2.53. The molecule has 2 aromatic carbocycles. The molecule has 1 fully saturated rings. The van der Waals surface area contributed by atoms with Gasteiger partial charge in [0, 0.05) is 48.7 Å². The molecule has 0 spiro atoms. The Labute approximate surface area is 187 Å². The number of para-hydroxylation sites is 1. The summed E-state index contributed by atoms with van der Waals surface area (Å²) in [6, 6.07) is 21.1. The Balaban J connectivity index is 1.41. The summed E-state index contributed by atoms with van der Waals surface area (Å²) in [5.41, 5.74) is 3.67. The van der Waals surface area contributed by atoms with E-state index < -0.39 is 0 Å². The number of carbonyl (C=O) groups is 1. The first kappa shape index (κ1) is 20.5. The summed E-state index contributed by atoms with van der Waals surface area (Å²) in [7, 11) is 1.61. The largest absolute Gasteiger partial charge is 0.497 e. The second-order valence-corrected chi connectivity index (χ2v) is 8.16. The van der Waals surface area contributed by atoms with E-state index in [1.165, 1.54) is 0 Å². The molecule has 7 heteroatoms. The Bertz CT molecular complexity index is 1090. The third kappa shape index (κ3) is 3.59. The van der Waals surface area contributed by atoms with Crippen molar-refractivity contribution in [3.8, 4) is 5.75 Å². The van der Waals surface area contributed by atoms with Crippen LogP contribution in [0.15, 0.2) is 72.9 Å². The molecule has 3 aromatic rings. The predicted molar refractivity (Wildman–Crippen MR) is 123 cm³/mol. The fourth-order valence-electron chi connectivity index (χ4n) is 4.94. The van der Waals surface area contributed by atoms with E-state index in [0.717, 1.165) is 22.7 Å². The standard InChI is InChI=1S/C25H26N4O3/c1-32-19-11-9-17(10-12-19)27-25(31)29-15-22-24(20-7-2-3-8-21(20)29)23(16-30)28(22)14-18-6-4-5-13-26-18/h2-13,22-24,30H,14-16H2,1H3,(H,27,31)/t22-,23-,24+/m1/s1. The molecule has 3 heterocycles. The van der Waals surface area contributed by atoms with E-state index in [1.54, 1.807) is 18.2 Å². The van der Waals surface area contributed by atoms with Crippen molar-refractivity contribution in [2.45, 2.75) is 24.5 Å². The zero-order valence-corrected chi connectivity index (χ0v) is 17.9. The number of nitrogens with zero attached hydrogens (tertiary/aromatic N) is 3. The molecular formula is C25H26N4O3. The average Bonchev–Trinajstić information content (AvgIpc) is 2.83. The first-order chi connectivity index (χ1) is 15.7. The number of likely N-dealkylation sites (tertiary alicyclic amines) is 1. The van der Waals surface area contributed by atoms with Crippen molar-refractivity contribution in [2.75, 3.05) is 30.5 Å². The maximum absolute atomic E-state index is 13.3. The maximum Gasteiger partial charge on any atom is 0.326 e. The zero-order chi connectivity index (χ0) is 22.1. The van der Waals surface area contributed by atoms with E-state index in [0.29, 0.717) is 18.8 Å². The first-order valence-electron chi connectivity index (χ1n) is 10.8. The Morgan fingerprint density at radius 1 is 1.12 bits per heavy atom. The number of rotatable bonds is 5. The summed E-state index contributed by atoms with van der Waals surface area (Å²) in [5.74, 6) is 0.925. The molecule has 0 aliphatic carbocycles. The van der Waals surface area contributed by atoms with E-state index in [2.05, 4.69) is 21.3 Å². The van der Waals surface area contributed by atoms with Crippen LogP contribution < -0.4 is 15.0 Å². The van der Waals surface area contributed by atoms with Gasteiger partial charge in [0.25, 0.3) is 0 Å². The Kier molecular flexibility index (Phi) is 5.51. The lowest BCUT2D eigenvalue weighted by atomic mass is 9.72. The summed E-state index contributed by atoms with van der Waals surface area (Å²) in [4.78, 5) is 21.8. The molecule has 1 aromatic heterocycles. The smallest absolute Gasteiger partial charge is 0.326 e. The number of aliphatic hydroxyl groups excluding tert-OH is 1. The zero-order valence-electron chi connectivity index (χ0n) is 17.9. The van der Waals surface area contributed by atoms with Crippen LogP contribution in [0.25, 0.3) is 0 Å². The minimum absolute atomic E-state index is 0.00922. The van der Waals surface area contributed by atoms with E-state index in [1.807, 2.05) is 60.7 Å². The van der Waals surface area contributed by atoms with Crippen LogP contribution in [-0.2, 0) is 6.54 Å². The van der Waals surface area contributed by atoms with Crippen molar-refractivity contribution in [1.29, 1.82) is 0 Å². The fourth-order valence-corrected chi connectivity index (χ4v) is 4.94. The van der Waals surface area contributed by atoms with Crippen LogP contribution in [0.1, 0.15) is 17.2 Å². The van der Waals surface area contributed by atoms with Gasteiger partial charge in [0.2, 0.25) is 0 Å². The molecule has 0 saturated carbocycles. The number of aliphatic hydroxyl groups is 1. The maximum atomic E-state index is 13.3. The number of hydrogen-bond acceptors (Lipinski definition) is 5. The number of urea groups is 1. The van der Waals surface area contributed by atoms with Gasteiger partial charge in [0.15, 0.2) is 0 Å². The van der Waals surface area contributed by atoms with Crippen LogP contribution in [0.2, 0.25) is 0 Å². The molecule has 0 bridgehead atoms. The van der Waals surface area contributed by atoms with Crippen molar-refractivity contribution in [3.63, 3.8) is 0 Å². The van der Waals surface area contributed by atoms with Gasteiger partial charge in [0.05, 0.1) is 19.4 Å². The number of aromatic nitrogens is 1. The van der Waals surface area contributed by atoms with E-state index in [9.17, 15) is 9.90 Å². The lowest BCUT2D eigenvalue weighted by Gasteiger charge is -2.59. The Morgan fingerprint density at radius 2 is 1.91 bits per heavy atom. The molecule has 2 amide bonds. The molecule has 164 valence electrons. The molecular weight excluding hydrogens is 404 g/mol. The van der Waals surface area contributed by atoms with E-state index >= 15 is 0 Å². The minimum Gasteiger partial charge on any atom is -0.497 e. The number of nitrogens with one attached hydrogen (secondary N) is 1. The van der Waals surface area contributed by atoms with Gasteiger partial charge < -0.3 is 15.2 Å².